The maximum Gasteiger partial charge on any atom is 0.181 e. The van der Waals surface area contributed by atoms with Crippen LogP contribution in [0, 0.1) is 0 Å². The molecule has 6 aromatic rings. The number of H-pyrrole nitrogens is 2. The Morgan fingerprint density at radius 1 is 0.733 bits per heavy atom. The molecule has 0 spiro atoms. The van der Waals surface area contributed by atoms with Crippen LogP contribution in [0.2, 0.25) is 0 Å². The standard InChI is InChI=1S/C23H15N7/c1-2-6-26-19(3-1)18-12-25-13-21-16(18)10-20(28-21)22-17-9-15(11-27-23(17)30-29-22)14-4-7-24-8-5-14/h1-13,28H,(H,27,29,30). The summed E-state index contributed by atoms with van der Waals surface area (Å²) in [6.07, 6.45) is 10.8. The predicted octanol–water partition coefficient (Wildman–Crippen LogP) is 4.63. The van der Waals surface area contributed by atoms with Crippen molar-refractivity contribution in [2.24, 2.45) is 0 Å². The van der Waals surface area contributed by atoms with Crippen LogP contribution in [0.25, 0.3) is 55.7 Å². The third-order valence-electron chi connectivity index (χ3n) is 5.18. The summed E-state index contributed by atoms with van der Waals surface area (Å²) in [5.41, 5.74) is 7.36. The average Bonchev–Trinajstić information content (AvgIpc) is 3.43. The second-order valence-electron chi connectivity index (χ2n) is 6.98. The molecule has 0 aliphatic carbocycles. The number of fused-ring (bicyclic) bond motifs is 2. The highest BCUT2D eigenvalue weighted by atomic mass is 15.2. The fourth-order valence-electron chi connectivity index (χ4n) is 3.72. The van der Waals surface area contributed by atoms with E-state index in [1.54, 1.807) is 18.6 Å². The van der Waals surface area contributed by atoms with E-state index >= 15 is 0 Å². The van der Waals surface area contributed by atoms with Crippen molar-refractivity contribution in [2.75, 3.05) is 0 Å². The van der Waals surface area contributed by atoms with E-state index in [1.807, 2.05) is 48.9 Å². The SMILES string of the molecule is c1ccc(-c2cncc3[nH]c(-c4[nH]nc5ncc(-c6ccncc6)cc45)cc23)nc1. The first-order valence-corrected chi connectivity index (χ1v) is 9.50. The summed E-state index contributed by atoms with van der Waals surface area (Å²) in [6.45, 7) is 0. The van der Waals surface area contributed by atoms with Crippen LogP contribution in [0.3, 0.4) is 0 Å². The van der Waals surface area contributed by atoms with Gasteiger partial charge in [-0.05, 0) is 42.0 Å². The zero-order valence-electron chi connectivity index (χ0n) is 15.7. The highest BCUT2D eigenvalue weighted by molar-refractivity contribution is 6.00. The molecule has 0 unspecified atom stereocenters. The van der Waals surface area contributed by atoms with Crippen molar-refractivity contribution in [3.8, 4) is 33.8 Å². The maximum absolute atomic E-state index is 4.52. The lowest BCUT2D eigenvalue weighted by Crippen LogP contribution is -1.84. The van der Waals surface area contributed by atoms with E-state index in [2.05, 4.69) is 47.2 Å². The van der Waals surface area contributed by atoms with Crippen molar-refractivity contribution in [3.05, 3.63) is 79.6 Å². The van der Waals surface area contributed by atoms with Gasteiger partial charge in [-0.3, -0.25) is 20.1 Å². The second-order valence-corrected chi connectivity index (χ2v) is 6.98. The summed E-state index contributed by atoms with van der Waals surface area (Å²) < 4.78 is 0. The van der Waals surface area contributed by atoms with Crippen LogP contribution in [-0.2, 0) is 0 Å². The van der Waals surface area contributed by atoms with Crippen LogP contribution in [-0.4, -0.2) is 35.1 Å². The van der Waals surface area contributed by atoms with Crippen molar-refractivity contribution in [2.45, 2.75) is 0 Å². The molecule has 7 heteroatoms. The Morgan fingerprint density at radius 3 is 2.53 bits per heavy atom. The zero-order chi connectivity index (χ0) is 19.9. The number of pyridine rings is 4. The van der Waals surface area contributed by atoms with Crippen LogP contribution in [0.1, 0.15) is 0 Å². The van der Waals surface area contributed by atoms with Crippen molar-refractivity contribution >= 4 is 21.9 Å². The molecule has 142 valence electrons. The van der Waals surface area contributed by atoms with E-state index in [9.17, 15) is 0 Å². The van der Waals surface area contributed by atoms with Crippen LogP contribution >= 0.6 is 0 Å². The summed E-state index contributed by atoms with van der Waals surface area (Å²) in [6, 6.07) is 14.0. The van der Waals surface area contributed by atoms with E-state index in [4.69, 9.17) is 0 Å². The lowest BCUT2D eigenvalue weighted by Gasteiger charge is -2.01. The van der Waals surface area contributed by atoms with E-state index in [-0.39, 0.29) is 0 Å². The number of hydrogen-bond donors (Lipinski definition) is 2. The van der Waals surface area contributed by atoms with Gasteiger partial charge in [-0.25, -0.2) is 4.98 Å². The van der Waals surface area contributed by atoms with Gasteiger partial charge >= 0.3 is 0 Å². The molecular weight excluding hydrogens is 374 g/mol. The summed E-state index contributed by atoms with van der Waals surface area (Å²) in [5, 5.41) is 9.52. The van der Waals surface area contributed by atoms with Gasteiger partial charge in [0.2, 0.25) is 0 Å². The monoisotopic (exact) mass is 389 g/mol. The van der Waals surface area contributed by atoms with Crippen LogP contribution < -0.4 is 0 Å². The molecule has 0 saturated carbocycles. The Labute approximate surface area is 170 Å². The molecule has 30 heavy (non-hydrogen) atoms. The second kappa shape index (κ2) is 6.59. The predicted molar refractivity (Wildman–Crippen MR) is 115 cm³/mol. The van der Waals surface area contributed by atoms with Gasteiger partial charge in [-0.15, -0.1) is 0 Å². The van der Waals surface area contributed by atoms with Gasteiger partial charge in [0.25, 0.3) is 0 Å². The minimum atomic E-state index is 0.671. The highest BCUT2D eigenvalue weighted by Gasteiger charge is 2.15. The molecule has 0 aromatic carbocycles. The van der Waals surface area contributed by atoms with Crippen LogP contribution in [0.15, 0.2) is 79.6 Å². The van der Waals surface area contributed by atoms with E-state index in [0.717, 1.165) is 50.1 Å². The van der Waals surface area contributed by atoms with Gasteiger partial charge in [0, 0.05) is 52.9 Å². The average molecular weight is 389 g/mol. The maximum atomic E-state index is 4.52. The molecule has 0 aliphatic rings. The molecule has 0 fully saturated rings. The van der Waals surface area contributed by atoms with Crippen molar-refractivity contribution in [1.29, 1.82) is 0 Å². The first-order chi connectivity index (χ1) is 14.9. The minimum absolute atomic E-state index is 0.671. The molecule has 6 rings (SSSR count). The first-order valence-electron chi connectivity index (χ1n) is 9.50. The first kappa shape index (κ1) is 16.6. The van der Waals surface area contributed by atoms with Gasteiger partial charge in [0.15, 0.2) is 5.65 Å². The third-order valence-corrected chi connectivity index (χ3v) is 5.18. The van der Waals surface area contributed by atoms with Crippen molar-refractivity contribution < 1.29 is 0 Å². The lowest BCUT2D eigenvalue weighted by atomic mass is 10.1. The summed E-state index contributed by atoms with van der Waals surface area (Å²) in [5.74, 6) is 0. The normalized spacial score (nSPS) is 11.3. The van der Waals surface area contributed by atoms with Gasteiger partial charge in [0.05, 0.1) is 28.8 Å². The molecule has 0 radical (unpaired) electrons. The summed E-state index contributed by atoms with van der Waals surface area (Å²) in [4.78, 5) is 20.9. The molecule has 6 aromatic heterocycles. The Hall–Kier alpha value is -4.39. The van der Waals surface area contributed by atoms with Gasteiger partial charge in [-0.1, -0.05) is 6.07 Å². The van der Waals surface area contributed by atoms with E-state index in [1.165, 1.54) is 0 Å². The lowest BCUT2D eigenvalue weighted by molar-refractivity contribution is 1.10. The molecule has 0 atom stereocenters. The third kappa shape index (κ3) is 2.64. The number of aromatic nitrogens is 7. The fraction of sp³-hybridized carbons (Fsp3) is 0. The Bertz CT molecular complexity index is 1480. The fourth-order valence-corrected chi connectivity index (χ4v) is 3.72. The van der Waals surface area contributed by atoms with E-state index < -0.39 is 0 Å². The Balaban J connectivity index is 1.52. The highest BCUT2D eigenvalue weighted by Crippen LogP contribution is 2.33. The number of rotatable bonds is 3. The number of nitrogens with zero attached hydrogens (tertiary/aromatic N) is 5. The quantitative estimate of drug-likeness (QED) is 0.460. The van der Waals surface area contributed by atoms with Crippen molar-refractivity contribution in [1.82, 2.24) is 35.1 Å². The molecule has 0 saturated heterocycles. The zero-order valence-corrected chi connectivity index (χ0v) is 15.7. The summed E-state index contributed by atoms with van der Waals surface area (Å²) in [7, 11) is 0. The number of aromatic amines is 2. The molecule has 2 N–H and O–H groups in total. The molecule has 0 aliphatic heterocycles. The molecule has 6 heterocycles. The minimum Gasteiger partial charge on any atom is -0.352 e. The largest absolute Gasteiger partial charge is 0.352 e. The summed E-state index contributed by atoms with van der Waals surface area (Å²) >= 11 is 0. The molecule has 7 nitrogen and oxygen atoms in total. The molecule has 0 bridgehead atoms. The van der Waals surface area contributed by atoms with Gasteiger partial charge < -0.3 is 4.98 Å². The molecular formula is C23H15N7. The molecule has 0 amide bonds. The van der Waals surface area contributed by atoms with Gasteiger partial charge in [-0.2, -0.15) is 5.10 Å². The topological polar surface area (TPSA) is 96.0 Å². The number of nitrogens with one attached hydrogen (secondary N) is 2. The Kier molecular flexibility index (Phi) is 3.64. The smallest absolute Gasteiger partial charge is 0.181 e. The van der Waals surface area contributed by atoms with Crippen LogP contribution in [0.4, 0.5) is 0 Å². The van der Waals surface area contributed by atoms with Crippen molar-refractivity contribution in [3.63, 3.8) is 0 Å². The van der Waals surface area contributed by atoms with Gasteiger partial charge in [0.1, 0.15) is 0 Å². The van der Waals surface area contributed by atoms with Crippen LogP contribution in [0.5, 0.6) is 0 Å². The number of hydrogen-bond acceptors (Lipinski definition) is 5. The Morgan fingerprint density at radius 2 is 1.67 bits per heavy atom. The van der Waals surface area contributed by atoms with E-state index in [0.29, 0.717) is 5.65 Å².